The molecule has 3 N–H and O–H groups in total. The van der Waals surface area contributed by atoms with Crippen molar-refractivity contribution in [3.8, 4) is 0 Å². The summed E-state index contributed by atoms with van der Waals surface area (Å²) in [6.07, 6.45) is 7.13. The van der Waals surface area contributed by atoms with Crippen molar-refractivity contribution in [3.63, 3.8) is 0 Å². The van der Waals surface area contributed by atoms with Crippen LogP contribution in [0.4, 0.5) is 5.69 Å². The van der Waals surface area contributed by atoms with E-state index in [4.69, 9.17) is 0 Å². The summed E-state index contributed by atoms with van der Waals surface area (Å²) in [7, 11) is 1.77. The lowest BCUT2D eigenvalue weighted by molar-refractivity contribution is -0.119. The summed E-state index contributed by atoms with van der Waals surface area (Å²) in [4.78, 5) is 22.2. The van der Waals surface area contributed by atoms with Gasteiger partial charge in [-0.05, 0) is 37.5 Å². The predicted molar refractivity (Wildman–Crippen MR) is 131 cm³/mol. The normalized spacial score (nSPS) is 14.3. The van der Waals surface area contributed by atoms with Gasteiger partial charge in [0.1, 0.15) is 0 Å². The summed E-state index contributed by atoms with van der Waals surface area (Å²) in [6.45, 7) is 3.49. The number of halogens is 1. The molecule has 158 valence electrons. The van der Waals surface area contributed by atoms with E-state index in [1.165, 1.54) is 4.88 Å². The average molecular weight is 527 g/mol. The number of benzene rings is 1. The number of rotatable bonds is 7. The number of hydrogen-bond donors (Lipinski definition) is 3. The van der Waals surface area contributed by atoms with Gasteiger partial charge in [0.25, 0.3) is 0 Å². The molecule has 1 aromatic heterocycles. The van der Waals surface area contributed by atoms with Crippen LogP contribution >= 0.6 is 35.3 Å². The van der Waals surface area contributed by atoms with Crippen molar-refractivity contribution in [1.82, 2.24) is 15.6 Å². The molecule has 6 nitrogen and oxygen atoms in total. The minimum Gasteiger partial charge on any atom is -0.356 e. The number of nitrogens with zero attached hydrogens (tertiary/aromatic N) is 2. The average Bonchev–Trinajstić information content (AvgIpc) is 3.37. The fraction of sp³-hybridized carbons (Fsp3) is 0.476. The molecule has 0 spiro atoms. The number of guanidine groups is 1. The highest BCUT2D eigenvalue weighted by molar-refractivity contribution is 14.0. The minimum atomic E-state index is 0. The molecule has 0 unspecified atom stereocenters. The number of anilines is 1. The molecule has 0 radical (unpaired) electrons. The van der Waals surface area contributed by atoms with Crippen LogP contribution in [0.3, 0.4) is 0 Å². The summed E-state index contributed by atoms with van der Waals surface area (Å²) < 4.78 is 0. The highest BCUT2D eigenvalue weighted by atomic mass is 127. The molecule has 0 bridgehead atoms. The number of amides is 1. The van der Waals surface area contributed by atoms with E-state index in [0.717, 1.165) is 60.9 Å². The van der Waals surface area contributed by atoms with Crippen molar-refractivity contribution >= 4 is 52.9 Å². The number of aliphatic imine (C=N–C) groups is 1. The van der Waals surface area contributed by atoms with E-state index in [1.54, 1.807) is 18.4 Å². The zero-order chi connectivity index (χ0) is 19.8. The van der Waals surface area contributed by atoms with Crippen LogP contribution in [0.25, 0.3) is 0 Å². The molecule has 0 atom stereocenters. The SMILES string of the molecule is CN=C(NCCc1ncc(C)s1)NCc1cccc(NC(=O)C2CCCC2)c1.I. The van der Waals surface area contributed by atoms with Gasteiger partial charge in [0.15, 0.2) is 5.96 Å². The van der Waals surface area contributed by atoms with Crippen LogP contribution in [0, 0.1) is 12.8 Å². The van der Waals surface area contributed by atoms with Gasteiger partial charge in [-0.3, -0.25) is 9.79 Å². The summed E-state index contributed by atoms with van der Waals surface area (Å²) in [5.41, 5.74) is 1.96. The Kier molecular flexibility index (Phi) is 9.86. The van der Waals surface area contributed by atoms with Crippen LogP contribution in [0.1, 0.15) is 41.1 Å². The third-order valence-corrected chi connectivity index (χ3v) is 5.88. The van der Waals surface area contributed by atoms with E-state index in [0.29, 0.717) is 6.54 Å². The number of nitrogens with one attached hydrogen (secondary N) is 3. The maximum Gasteiger partial charge on any atom is 0.227 e. The summed E-state index contributed by atoms with van der Waals surface area (Å²) in [5, 5.41) is 10.8. The van der Waals surface area contributed by atoms with Crippen LogP contribution < -0.4 is 16.0 Å². The van der Waals surface area contributed by atoms with Crippen molar-refractivity contribution in [2.75, 3.05) is 18.9 Å². The third kappa shape index (κ3) is 7.58. The Hall–Kier alpha value is -1.68. The molecule has 1 aromatic carbocycles. The Labute approximate surface area is 194 Å². The van der Waals surface area contributed by atoms with Gasteiger partial charge >= 0.3 is 0 Å². The zero-order valence-electron chi connectivity index (χ0n) is 17.0. The first-order valence-corrected chi connectivity index (χ1v) is 10.7. The number of hydrogen-bond acceptors (Lipinski definition) is 4. The molecule has 1 aliphatic carbocycles. The lowest BCUT2D eigenvalue weighted by atomic mass is 10.1. The first-order valence-electron chi connectivity index (χ1n) is 9.89. The second-order valence-corrected chi connectivity index (χ2v) is 8.46. The Balaban J connectivity index is 0.00000300. The van der Waals surface area contributed by atoms with Crippen molar-refractivity contribution < 1.29 is 4.79 Å². The highest BCUT2D eigenvalue weighted by Gasteiger charge is 2.22. The standard InChI is InChI=1S/C21H29N5OS.HI/c1-15-13-24-19(28-15)10-11-23-21(22-2)25-14-16-6-5-9-18(12-16)26-20(27)17-7-3-4-8-17;/h5-6,9,12-13,17H,3-4,7-8,10-11,14H2,1-2H3,(H,26,27)(H2,22,23,25);1H. The summed E-state index contributed by atoms with van der Waals surface area (Å²) in [6, 6.07) is 7.98. The van der Waals surface area contributed by atoms with Gasteiger partial charge in [0, 0.05) is 49.2 Å². The molecule has 1 amide bonds. The van der Waals surface area contributed by atoms with Crippen molar-refractivity contribution in [3.05, 3.63) is 45.9 Å². The molecule has 8 heteroatoms. The molecule has 0 saturated heterocycles. The minimum absolute atomic E-state index is 0. The molecule has 1 fully saturated rings. The first kappa shape index (κ1) is 23.6. The van der Waals surface area contributed by atoms with Crippen LogP contribution in [0.5, 0.6) is 0 Å². The van der Waals surface area contributed by atoms with Crippen molar-refractivity contribution in [2.24, 2.45) is 10.9 Å². The van der Waals surface area contributed by atoms with E-state index >= 15 is 0 Å². The van der Waals surface area contributed by atoms with Gasteiger partial charge in [-0.15, -0.1) is 35.3 Å². The van der Waals surface area contributed by atoms with Gasteiger partial charge in [0.2, 0.25) is 5.91 Å². The van der Waals surface area contributed by atoms with Gasteiger partial charge in [0.05, 0.1) is 5.01 Å². The quantitative estimate of drug-likeness (QED) is 0.288. The maximum absolute atomic E-state index is 12.3. The summed E-state index contributed by atoms with van der Waals surface area (Å²) in [5.74, 6) is 1.08. The number of carbonyl (C=O) groups excluding carboxylic acids is 1. The van der Waals surface area contributed by atoms with E-state index in [2.05, 4.69) is 32.9 Å². The van der Waals surface area contributed by atoms with Crippen molar-refractivity contribution in [2.45, 2.75) is 45.6 Å². The lowest BCUT2D eigenvalue weighted by Gasteiger charge is -2.13. The Morgan fingerprint density at radius 2 is 2.07 bits per heavy atom. The fourth-order valence-corrected chi connectivity index (χ4v) is 4.19. The van der Waals surface area contributed by atoms with Crippen LogP contribution in [-0.4, -0.2) is 30.4 Å². The van der Waals surface area contributed by atoms with E-state index in [-0.39, 0.29) is 35.8 Å². The second kappa shape index (κ2) is 12.1. The van der Waals surface area contributed by atoms with E-state index in [9.17, 15) is 4.79 Å². The number of carbonyl (C=O) groups is 1. The number of thiazole rings is 1. The Morgan fingerprint density at radius 1 is 1.28 bits per heavy atom. The molecule has 1 heterocycles. The van der Waals surface area contributed by atoms with Gasteiger partial charge < -0.3 is 16.0 Å². The fourth-order valence-electron chi connectivity index (χ4n) is 3.40. The molecule has 1 aliphatic rings. The number of aromatic nitrogens is 1. The topological polar surface area (TPSA) is 78.4 Å². The molecular formula is C21H30IN5OS. The second-order valence-electron chi connectivity index (χ2n) is 7.14. The van der Waals surface area contributed by atoms with Crippen LogP contribution in [0.15, 0.2) is 35.5 Å². The van der Waals surface area contributed by atoms with Gasteiger partial charge in [-0.2, -0.15) is 0 Å². The summed E-state index contributed by atoms with van der Waals surface area (Å²) >= 11 is 1.73. The van der Waals surface area contributed by atoms with Crippen molar-refractivity contribution in [1.29, 1.82) is 0 Å². The Bertz CT molecular complexity index is 817. The first-order chi connectivity index (χ1) is 13.6. The zero-order valence-corrected chi connectivity index (χ0v) is 20.2. The monoisotopic (exact) mass is 527 g/mol. The van der Waals surface area contributed by atoms with Crippen LogP contribution in [0.2, 0.25) is 0 Å². The molecule has 1 saturated carbocycles. The highest BCUT2D eigenvalue weighted by Crippen LogP contribution is 2.26. The van der Waals surface area contributed by atoms with Gasteiger partial charge in [-0.25, -0.2) is 4.98 Å². The largest absolute Gasteiger partial charge is 0.356 e. The molecule has 0 aliphatic heterocycles. The Morgan fingerprint density at radius 3 is 2.76 bits per heavy atom. The maximum atomic E-state index is 12.3. The number of aryl methyl sites for hydroxylation is 1. The lowest BCUT2D eigenvalue weighted by Crippen LogP contribution is -2.37. The molecule has 2 aromatic rings. The molecular weight excluding hydrogens is 497 g/mol. The van der Waals surface area contributed by atoms with E-state index in [1.807, 2.05) is 30.5 Å². The van der Waals surface area contributed by atoms with Gasteiger partial charge in [-0.1, -0.05) is 25.0 Å². The van der Waals surface area contributed by atoms with Crippen LogP contribution in [-0.2, 0) is 17.8 Å². The smallest absolute Gasteiger partial charge is 0.227 e. The molecule has 29 heavy (non-hydrogen) atoms. The predicted octanol–water partition coefficient (Wildman–Crippen LogP) is 4.11. The van der Waals surface area contributed by atoms with E-state index < -0.39 is 0 Å². The third-order valence-electron chi connectivity index (χ3n) is 4.90. The molecule has 3 rings (SSSR count).